The molecule has 0 heterocycles. The molecular weight excluding hydrogens is 257 g/mol. The van der Waals surface area contributed by atoms with E-state index in [4.69, 9.17) is 0 Å². The Morgan fingerprint density at radius 1 is 1.21 bits per heavy atom. The van der Waals surface area contributed by atoms with Crippen molar-refractivity contribution in [1.82, 2.24) is 0 Å². The van der Waals surface area contributed by atoms with Crippen LogP contribution in [0.3, 0.4) is 0 Å². The number of ether oxygens (including phenoxy) is 1. The maximum atomic E-state index is 13.7. The van der Waals surface area contributed by atoms with Crippen LogP contribution in [0.2, 0.25) is 0 Å². The van der Waals surface area contributed by atoms with Gasteiger partial charge in [-0.25, -0.2) is 8.78 Å². The summed E-state index contributed by atoms with van der Waals surface area (Å²) < 4.78 is 44.1. The van der Waals surface area contributed by atoms with Gasteiger partial charge in [-0.05, 0) is 35.1 Å². The monoisotopic (exact) mass is 270 g/mol. The number of rotatable bonds is 3. The molecule has 2 aromatic carbocycles. The third-order valence-corrected chi connectivity index (χ3v) is 2.92. The maximum Gasteiger partial charge on any atom is 0.228 e. The van der Waals surface area contributed by atoms with Crippen molar-refractivity contribution in [2.45, 2.75) is 19.8 Å². The summed E-state index contributed by atoms with van der Waals surface area (Å²) in [5.74, 6) is -2.95. The summed E-state index contributed by atoms with van der Waals surface area (Å²) in [6.45, 7) is 2.40. The van der Waals surface area contributed by atoms with E-state index in [1.54, 1.807) is 0 Å². The highest BCUT2D eigenvalue weighted by Gasteiger charge is 2.19. The molecule has 0 fully saturated rings. The molecule has 0 saturated heterocycles. The summed E-state index contributed by atoms with van der Waals surface area (Å²) >= 11 is 0. The van der Waals surface area contributed by atoms with Gasteiger partial charge in [0.15, 0.2) is 11.6 Å². The normalized spacial score (nSPS) is 11.3. The van der Waals surface area contributed by atoms with E-state index >= 15 is 0 Å². The third kappa shape index (κ3) is 2.32. The second kappa shape index (κ2) is 4.99. The summed E-state index contributed by atoms with van der Waals surface area (Å²) in [5, 5.41) is 10.2. The number of fused-ring (bicyclic) bond motifs is 1. The van der Waals surface area contributed by atoms with Crippen LogP contribution in [0.1, 0.15) is 25.3 Å². The Kier molecular flexibility index (Phi) is 3.55. The Morgan fingerprint density at radius 2 is 1.89 bits per heavy atom. The van der Waals surface area contributed by atoms with Gasteiger partial charge in [0.05, 0.1) is 0 Å². The van der Waals surface area contributed by atoms with Crippen LogP contribution in [0, 0.1) is 11.6 Å². The van der Waals surface area contributed by atoms with Crippen LogP contribution in [-0.2, 0) is 0 Å². The smallest absolute Gasteiger partial charge is 0.228 e. The van der Waals surface area contributed by atoms with E-state index in [2.05, 4.69) is 4.74 Å². The Balaban J connectivity index is 2.91. The fourth-order valence-electron chi connectivity index (χ4n) is 2.11. The van der Waals surface area contributed by atoms with Crippen molar-refractivity contribution in [2.75, 3.05) is 6.86 Å². The molecule has 2 nitrogen and oxygen atoms in total. The average Bonchev–Trinajstić information content (AvgIpc) is 2.33. The fourth-order valence-corrected chi connectivity index (χ4v) is 2.11. The highest BCUT2D eigenvalue weighted by molar-refractivity contribution is 5.93. The first-order valence-electron chi connectivity index (χ1n) is 5.79. The van der Waals surface area contributed by atoms with Crippen LogP contribution >= 0.6 is 0 Å². The number of halogens is 3. The van der Waals surface area contributed by atoms with Crippen molar-refractivity contribution in [3.8, 4) is 11.5 Å². The summed E-state index contributed by atoms with van der Waals surface area (Å²) in [6.07, 6.45) is 0. The quantitative estimate of drug-likeness (QED) is 0.903. The second-order valence-electron chi connectivity index (χ2n) is 4.54. The summed E-state index contributed by atoms with van der Waals surface area (Å²) in [6, 6.07) is 3.69. The molecule has 0 aromatic heterocycles. The van der Waals surface area contributed by atoms with Gasteiger partial charge >= 0.3 is 0 Å². The minimum atomic E-state index is -1.26. The van der Waals surface area contributed by atoms with Crippen LogP contribution in [0.5, 0.6) is 11.5 Å². The first-order valence-corrected chi connectivity index (χ1v) is 5.79. The van der Waals surface area contributed by atoms with E-state index in [1.807, 2.05) is 13.8 Å². The zero-order valence-corrected chi connectivity index (χ0v) is 10.5. The molecule has 1 N–H and O–H groups in total. The van der Waals surface area contributed by atoms with E-state index in [1.165, 1.54) is 12.1 Å². The molecule has 0 saturated carbocycles. The van der Waals surface area contributed by atoms with Crippen LogP contribution in [0.4, 0.5) is 13.2 Å². The molecule has 0 bridgehead atoms. The summed E-state index contributed by atoms with van der Waals surface area (Å²) in [4.78, 5) is 0. The van der Waals surface area contributed by atoms with Crippen molar-refractivity contribution >= 4 is 10.8 Å². The summed E-state index contributed by atoms with van der Waals surface area (Å²) in [7, 11) is 0. The molecule has 2 aromatic rings. The molecule has 0 aliphatic heterocycles. The number of hydrogen-bond acceptors (Lipinski definition) is 2. The van der Waals surface area contributed by atoms with Crippen molar-refractivity contribution < 1.29 is 23.0 Å². The summed E-state index contributed by atoms with van der Waals surface area (Å²) in [5.41, 5.74) is 0.567. The third-order valence-electron chi connectivity index (χ3n) is 2.92. The van der Waals surface area contributed by atoms with Gasteiger partial charge in [0, 0.05) is 5.39 Å². The van der Waals surface area contributed by atoms with Crippen molar-refractivity contribution in [3.05, 3.63) is 35.4 Å². The van der Waals surface area contributed by atoms with E-state index < -0.39 is 24.2 Å². The first-order chi connectivity index (χ1) is 8.95. The number of alkyl halides is 1. The van der Waals surface area contributed by atoms with Crippen molar-refractivity contribution in [3.63, 3.8) is 0 Å². The van der Waals surface area contributed by atoms with Gasteiger partial charge in [0.1, 0.15) is 5.75 Å². The lowest BCUT2D eigenvalue weighted by molar-refractivity contribution is 0.185. The molecule has 0 unspecified atom stereocenters. The zero-order valence-electron chi connectivity index (χ0n) is 10.5. The highest BCUT2D eigenvalue weighted by atomic mass is 19.2. The van der Waals surface area contributed by atoms with Crippen LogP contribution in [0.25, 0.3) is 10.8 Å². The molecule has 5 heteroatoms. The van der Waals surface area contributed by atoms with Gasteiger partial charge in [-0.1, -0.05) is 13.8 Å². The lowest BCUT2D eigenvalue weighted by atomic mass is 9.94. The van der Waals surface area contributed by atoms with Crippen molar-refractivity contribution in [2.24, 2.45) is 0 Å². The Hall–Kier alpha value is -1.91. The van der Waals surface area contributed by atoms with Gasteiger partial charge in [0.25, 0.3) is 0 Å². The van der Waals surface area contributed by atoms with Gasteiger partial charge in [-0.3, -0.25) is 0 Å². The number of phenols is 1. The van der Waals surface area contributed by atoms with Crippen LogP contribution in [0.15, 0.2) is 18.2 Å². The standard InChI is InChI=1S/C14H13F3O2/c1-7(2)10-5-9(18)3-8-4-11(16)13(17)14(12(8)10)19-6-15/h3-5,7,18H,6H2,1-2H3. The van der Waals surface area contributed by atoms with Crippen LogP contribution in [-0.4, -0.2) is 12.0 Å². The largest absolute Gasteiger partial charge is 0.508 e. The molecule has 102 valence electrons. The number of aromatic hydroxyl groups is 1. The Labute approximate surface area is 108 Å². The SMILES string of the molecule is CC(C)c1cc(O)cc2cc(F)c(F)c(OCF)c12. The average molecular weight is 270 g/mol. The lowest BCUT2D eigenvalue weighted by Crippen LogP contribution is -2.00. The number of hydrogen-bond donors (Lipinski definition) is 1. The van der Waals surface area contributed by atoms with Gasteiger partial charge in [-0.15, -0.1) is 0 Å². The van der Waals surface area contributed by atoms with Crippen LogP contribution < -0.4 is 4.74 Å². The molecule has 0 amide bonds. The first kappa shape index (κ1) is 13.5. The molecule has 2 rings (SSSR count). The zero-order chi connectivity index (χ0) is 14.2. The topological polar surface area (TPSA) is 29.5 Å². The minimum absolute atomic E-state index is 0.0617. The van der Waals surface area contributed by atoms with Gasteiger partial charge < -0.3 is 9.84 Å². The molecule has 0 aliphatic carbocycles. The predicted octanol–water partition coefficient (Wildman–Crippen LogP) is 4.25. The minimum Gasteiger partial charge on any atom is -0.508 e. The maximum absolute atomic E-state index is 13.7. The van der Waals surface area contributed by atoms with E-state index in [0.717, 1.165) is 6.07 Å². The molecule has 0 aliphatic rings. The Morgan fingerprint density at radius 3 is 2.47 bits per heavy atom. The lowest BCUT2D eigenvalue weighted by Gasteiger charge is -2.15. The predicted molar refractivity (Wildman–Crippen MR) is 66.2 cm³/mol. The molecule has 0 spiro atoms. The number of phenolic OH excluding ortho intramolecular Hbond substituents is 1. The molecular formula is C14H13F3O2. The van der Waals surface area contributed by atoms with E-state index in [0.29, 0.717) is 5.56 Å². The van der Waals surface area contributed by atoms with Gasteiger partial charge in [-0.2, -0.15) is 4.39 Å². The molecule has 0 atom stereocenters. The van der Waals surface area contributed by atoms with Crippen molar-refractivity contribution in [1.29, 1.82) is 0 Å². The fraction of sp³-hybridized carbons (Fsp3) is 0.286. The number of benzene rings is 2. The highest BCUT2D eigenvalue weighted by Crippen LogP contribution is 2.38. The molecule has 19 heavy (non-hydrogen) atoms. The van der Waals surface area contributed by atoms with E-state index in [-0.39, 0.29) is 22.4 Å². The van der Waals surface area contributed by atoms with Gasteiger partial charge in [0.2, 0.25) is 12.7 Å². The molecule has 0 radical (unpaired) electrons. The van der Waals surface area contributed by atoms with E-state index in [9.17, 15) is 18.3 Å². The second-order valence-corrected chi connectivity index (χ2v) is 4.54. The Bertz CT molecular complexity index is 624.